The average Bonchev–Trinajstić information content (AvgIpc) is 2.16. The quantitative estimate of drug-likeness (QED) is 0.823. The first kappa shape index (κ1) is 12.1. The molecule has 1 unspecified atom stereocenters. The van der Waals surface area contributed by atoms with E-state index in [1.807, 2.05) is 13.0 Å². The molecule has 1 rings (SSSR count). The normalized spacial score (nSPS) is 13.2. The highest BCUT2D eigenvalue weighted by atomic mass is 14.9. The van der Waals surface area contributed by atoms with Crippen molar-refractivity contribution in [3.63, 3.8) is 0 Å². The maximum absolute atomic E-state index is 5.92. The lowest BCUT2D eigenvalue weighted by molar-refractivity contribution is 0.627. The number of hydrogen-bond donors (Lipinski definition) is 1. The number of rotatable bonds is 4. The SMILES string of the molecule is CCC(N)Cc1cc(C)nc(C(C)C)n1. The van der Waals surface area contributed by atoms with Gasteiger partial charge in [0.15, 0.2) is 0 Å². The Bertz CT molecular complexity index is 321. The van der Waals surface area contributed by atoms with E-state index < -0.39 is 0 Å². The Morgan fingerprint density at radius 2 is 2.00 bits per heavy atom. The fourth-order valence-corrected chi connectivity index (χ4v) is 1.43. The fraction of sp³-hybridized carbons (Fsp3) is 0.667. The van der Waals surface area contributed by atoms with E-state index in [1.165, 1.54) is 0 Å². The highest BCUT2D eigenvalue weighted by Crippen LogP contribution is 2.11. The Kier molecular flexibility index (Phi) is 4.21. The van der Waals surface area contributed by atoms with Crippen molar-refractivity contribution < 1.29 is 0 Å². The van der Waals surface area contributed by atoms with Crippen LogP contribution in [0, 0.1) is 6.92 Å². The van der Waals surface area contributed by atoms with E-state index in [4.69, 9.17) is 5.73 Å². The maximum Gasteiger partial charge on any atom is 0.131 e. The summed E-state index contributed by atoms with van der Waals surface area (Å²) in [5.41, 5.74) is 8.03. The molecule has 0 bridgehead atoms. The third-order valence-electron chi connectivity index (χ3n) is 2.44. The molecule has 84 valence electrons. The molecule has 3 heteroatoms. The summed E-state index contributed by atoms with van der Waals surface area (Å²) >= 11 is 0. The molecule has 15 heavy (non-hydrogen) atoms. The largest absolute Gasteiger partial charge is 0.327 e. The van der Waals surface area contributed by atoms with Gasteiger partial charge in [-0.3, -0.25) is 0 Å². The minimum absolute atomic E-state index is 0.208. The van der Waals surface area contributed by atoms with Crippen LogP contribution in [0.2, 0.25) is 0 Å². The number of nitrogens with two attached hydrogens (primary N) is 1. The van der Waals surface area contributed by atoms with Crippen LogP contribution in [0.4, 0.5) is 0 Å². The summed E-state index contributed by atoms with van der Waals surface area (Å²) < 4.78 is 0. The van der Waals surface area contributed by atoms with Gasteiger partial charge < -0.3 is 5.73 Å². The van der Waals surface area contributed by atoms with E-state index in [0.717, 1.165) is 30.1 Å². The summed E-state index contributed by atoms with van der Waals surface area (Å²) in [6.07, 6.45) is 1.83. The minimum atomic E-state index is 0.208. The molecular weight excluding hydrogens is 186 g/mol. The van der Waals surface area contributed by atoms with Crippen molar-refractivity contribution in [2.75, 3.05) is 0 Å². The first-order valence-corrected chi connectivity index (χ1v) is 5.63. The monoisotopic (exact) mass is 207 g/mol. The standard InChI is InChI=1S/C12H21N3/c1-5-10(13)7-11-6-9(4)14-12(15-11)8(2)3/h6,8,10H,5,7,13H2,1-4H3. The second kappa shape index (κ2) is 5.21. The average molecular weight is 207 g/mol. The molecule has 1 heterocycles. The number of nitrogens with zero attached hydrogens (tertiary/aromatic N) is 2. The lowest BCUT2D eigenvalue weighted by Gasteiger charge is -2.11. The molecule has 0 fully saturated rings. The third kappa shape index (κ3) is 3.59. The number of aromatic nitrogens is 2. The van der Waals surface area contributed by atoms with Crippen LogP contribution in [0.3, 0.4) is 0 Å². The van der Waals surface area contributed by atoms with Crippen molar-refractivity contribution in [1.29, 1.82) is 0 Å². The lowest BCUT2D eigenvalue weighted by Crippen LogP contribution is -2.22. The van der Waals surface area contributed by atoms with Gasteiger partial charge >= 0.3 is 0 Å². The van der Waals surface area contributed by atoms with E-state index in [2.05, 4.69) is 30.7 Å². The Morgan fingerprint density at radius 3 is 2.53 bits per heavy atom. The van der Waals surface area contributed by atoms with Crippen LogP contribution in [0.15, 0.2) is 6.07 Å². The lowest BCUT2D eigenvalue weighted by atomic mass is 10.1. The van der Waals surface area contributed by atoms with E-state index in [9.17, 15) is 0 Å². The summed E-state index contributed by atoms with van der Waals surface area (Å²) in [5, 5.41) is 0. The van der Waals surface area contributed by atoms with E-state index in [1.54, 1.807) is 0 Å². The molecule has 0 amide bonds. The first-order valence-electron chi connectivity index (χ1n) is 5.63. The molecule has 0 saturated heterocycles. The topological polar surface area (TPSA) is 51.8 Å². The van der Waals surface area contributed by atoms with Gasteiger partial charge in [-0.15, -0.1) is 0 Å². The van der Waals surface area contributed by atoms with Gasteiger partial charge in [0.05, 0.1) is 0 Å². The molecule has 1 aromatic rings. The Labute approximate surface area is 92.1 Å². The Hall–Kier alpha value is -0.960. The van der Waals surface area contributed by atoms with Crippen LogP contribution >= 0.6 is 0 Å². The van der Waals surface area contributed by atoms with E-state index in [0.29, 0.717) is 5.92 Å². The summed E-state index contributed by atoms with van der Waals surface area (Å²) in [4.78, 5) is 8.94. The van der Waals surface area contributed by atoms with Gasteiger partial charge in [0.25, 0.3) is 0 Å². The smallest absolute Gasteiger partial charge is 0.131 e. The highest BCUT2D eigenvalue weighted by Gasteiger charge is 2.08. The second-order valence-electron chi connectivity index (χ2n) is 4.39. The number of hydrogen-bond acceptors (Lipinski definition) is 3. The fourth-order valence-electron chi connectivity index (χ4n) is 1.43. The van der Waals surface area contributed by atoms with Gasteiger partial charge in [-0.25, -0.2) is 9.97 Å². The molecule has 3 nitrogen and oxygen atoms in total. The summed E-state index contributed by atoms with van der Waals surface area (Å²) in [7, 11) is 0. The van der Waals surface area contributed by atoms with Crippen LogP contribution in [0.5, 0.6) is 0 Å². The molecule has 0 spiro atoms. The van der Waals surface area contributed by atoms with Crippen molar-refractivity contribution in [1.82, 2.24) is 9.97 Å². The Balaban J connectivity index is 2.88. The molecule has 2 N–H and O–H groups in total. The minimum Gasteiger partial charge on any atom is -0.327 e. The molecule has 0 saturated carbocycles. The molecular formula is C12H21N3. The molecule has 1 aromatic heterocycles. The van der Waals surface area contributed by atoms with Crippen LogP contribution < -0.4 is 5.73 Å². The van der Waals surface area contributed by atoms with Crippen molar-refractivity contribution >= 4 is 0 Å². The van der Waals surface area contributed by atoms with E-state index in [-0.39, 0.29) is 6.04 Å². The van der Waals surface area contributed by atoms with Crippen LogP contribution in [0.1, 0.15) is 50.3 Å². The predicted molar refractivity (Wildman–Crippen MR) is 62.8 cm³/mol. The van der Waals surface area contributed by atoms with Crippen LogP contribution in [0.25, 0.3) is 0 Å². The molecule has 0 aliphatic rings. The van der Waals surface area contributed by atoms with Crippen molar-refractivity contribution in [3.05, 3.63) is 23.3 Å². The van der Waals surface area contributed by atoms with Gasteiger partial charge in [0.1, 0.15) is 5.82 Å². The maximum atomic E-state index is 5.92. The molecule has 0 aliphatic heterocycles. The molecule has 0 aromatic carbocycles. The summed E-state index contributed by atoms with van der Waals surface area (Å²) in [6, 6.07) is 2.24. The van der Waals surface area contributed by atoms with Crippen molar-refractivity contribution in [2.45, 2.75) is 52.5 Å². The zero-order chi connectivity index (χ0) is 11.4. The molecule has 0 radical (unpaired) electrons. The van der Waals surface area contributed by atoms with E-state index >= 15 is 0 Å². The predicted octanol–water partition coefficient (Wildman–Crippen LogP) is 2.19. The second-order valence-corrected chi connectivity index (χ2v) is 4.39. The van der Waals surface area contributed by atoms with Gasteiger partial charge in [-0.05, 0) is 19.4 Å². The zero-order valence-electron chi connectivity index (χ0n) is 10.1. The van der Waals surface area contributed by atoms with Crippen molar-refractivity contribution in [2.24, 2.45) is 5.73 Å². The first-order chi connectivity index (χ1) is 7.02. The van der Waals surface area contributed by atoms with Crippen LogP contribution in [-0.4, -0.2) is 16.0 Å². The van der Waals surface area contributed by atoms with Crippen LogP contribution in [-0.2, 0) is 6.42 Å². The van der Waals surface area contributed by atoms with Crippen molar-refractivity contribution in [3.8, 4) is 0 Å². The van der Waals surface area contributed by atoms with Gasteiger partial charge in [-0.2, -0.15) is 0 Å². The highest BCUT2D eigenvalue weighted by molar-refractivity contribution is 5.12. The van der Waals surface area contributed by atoms with Gasteiger partial charge in [0.2, 0.25) is 0 Å². The molecule has 1 atom stereocenters. The summed E-state index contributed by atoms with van der Waals surface area (Å²) in [6.45, 7) is 8.33. The summed E-state index contributed by atoms with van der Waals surface area (Å²) in [5.74, 6) is 1.30. The Morgan fingerprint density at radius 1 is 1.33 bits per heavy atom. The third-order valence-corrected chi connectivity index (χ3v) is 2.44. The number of aryl methyl sites for hydroxylation is 1. The van der Waals surface area contributed by atoms with Gasteiger partial charge in [0, 0.05) is 29.8 Å². The molecule has 0 aliphatic carbocycles. The van der Waals surface area contributed by atoms with Gasteiger partial charge in [-0.1, -0.05) is 20.8 Å². The zero-order valence-corrected chi connectivity index (χ0v) is 10.1.